The molecule has 1 fully saturated rings. The van der Waals surface area contributed by atoms with Crippen molar-refractivity contribution < 1.29 is 14.3 Å². The van der Waals surface area contributed by atoms with Gasteiger partial charge in [-0.25, -0.2) is 9.69 Å². The molecule has 84 valence electrons. The van der Waals surface area contributed by atoms with Gasteiger partial charge in [0, 0.05) is 5.02 Å². The summed E-state index contributed by atoms with van der Waals surface area (Å²) in [5.41, 5.74) is 0.828. The van der Waals surface area contributed by atoms with Gasteiger partial charge in [-0.2, -0.15) is 0 Å². The zero-order valence-corrected chi connectivity index (χ0v) is 9.24. The minimum atomic E-state index is -0.557. The predicted octanol–water partition coefficient (Wildman–Crippen LogP) is 1.86. The average Bonchev–Trinajstić information content (AvgIpc) is 2.68. The van der Waals surface area contributed by atoms with Crippen LogP contribution in [0.5, 0.6) is 0 Å². The second kappa shape index (κ2) is 4.53. The molecule has 5 heteroatoms. The molecule has 0 N–H and O–H groups in total. The van der Waals surface area contributed by atoms with Gasteiger partial charge in [-0.3, -0.25) is 4.79 Å². The van der Waals surface area contributed by atoms with Crippen LogP contribution >= 0.6 is 11.6 Å². The van der Waals surface area contributed by atoms with Gasteiger partial charge in [-0.1, -0.05) is 23.7 Å². The summed E-state index contributed by atoms with van der Waals surface area (Å²) in [6, 6.07) is 6.96. The summed E-state index contributed by atoms with van der Waals surface area (Å²) in [6.45, 7) is 0.621. The Hall–Kier alpha value is -1.55. The fraction of sp³-hybridized carbons (Fsp3) is 0.273. The van der Waals surface area contributed by atoms with E-state index >= 15 is 0 Å². The fourth-order valence-corrected chi connectivity index (χ4v) is 1.62. The lowest BCUT2D eigenvalue weighted by Gasteiger charge is -2.10. The number of halogens is 1. The topological polar surface area (TPSA) is 46.6 Å². The van der Waals surface area contributed by atoms with Crippen molar-refractivity contribution >= 4 is 23.6 Å². The number of carbonyl (C=O) groups excluding carboxylic acids is 2. The van der Waals surface area contributed by atoms with Gasteiger partial charge in [0.1, 0.15) is 6.61 Å². The molecule has 0 radical (unpaired) electrons. The van der Waals surface area contributed by atoms with E-state index in [1.54, 1.807) is 24.3 Å². The van der Waals surface area contributed by atoms with Crippen molar-refractivity contribution in [3.8, 4) is 0 Å². The molecule has 0 unspecified atom stereocenters. The molecular weight excluding hydrogens is 230 g/mol. The second-order valence-electron chi connectivity index (χ2n) is 3.46. The number of hydrogen-bond acceptors (Lipinski definition) is 3. The molecule has 1 aliphatic rings. The molecule has 0 aliphatic carbocycles. The molecule has 1 heterocycles. The number of benzene rings is 1. The van der Waals surface area contributed by atoms with E-state index in [1.807, 2.05) is 0 Å². The Bertz CT molecular complexity index is 416. The Labute approximate surface area is 97.7 Å². The highest BCUT2D eigenvalue weighted by Crippen LogP contribution is 2.12. The lowest BCUT2D eigenvalue weighted by atomic mass is 10.1. The quantitative estimate of drug-likeness (QED) is 0.792. The van der Waals surface area contributed by atoms with Crippen molar-refractivity contribution in [2.45, 2.75) is 6.42 Å². The van der Waals surface area contributed by atoms with E-state index in [-0.39, 0.29) is 18.9 Å². The molecule has 2 amide bonds. The Morgan fingerprint density at radius 1 is 1.38 bits per heavy atom. The number of imide groups is 1. The van der Waals surface area contributed by atoms with Gasteiger partial charge in [0.15, 0.2) is 0 Å². The molecule has 1 aromatic rings. The average molecular weight is 240 g/mol. The highest BCUT2D eigenvalue weighted by molar-refractivity contribution is 6.30. The maximum atomic E-state index is 11.7. The van der Waals surface area contributed by atoms with Crippen molar-refractivity contribution in [1.29, 1.82) is 0 Å². The Morgan fingerprint density at radius 2 is 2.06 bits per heavy atom. The van der Waals surface area contributed by atoms with Crippen LogP contribution in [0.15, 0.2) is 24.3 Å². The second-order valence-corrected chi connectivity index (χ2v) is 3.90. The first-order valence-electron chi connectivity index (χ1n) is 4.88. The van der Waals surface area contributed by atoms with Crippen LogP contribution in [0.1, 0.15) is 5.56 Å². The maximum Gasteiger partial charge on any atom is 0.416 e. The summed E-state index contributed by atoms with van der Waals surface area (Å²) < 4.78 is 4.69. The van der Waals surface area contributed by atoms with Gasteiger partial charge in [-0.15, -0.1) is 0 Å². The summed E-state index contributed by atoms with van der Waals surface area (Å²) in [6.07, 6.45) is -0.370. The first kappa shape index (κ1) is 11.0. The Kier molecular flexibility index (Phi) is 3.10. The number of cyclic esters (lactones) is 1. The van der Waals surface area contributed by atoms with Gasteiger partial charge in [0.2, 0.25) is 5.91 Å². The minimum absolute atomic E-state index is 0.187. The summed E-state index contributed by atoms with van der Waals surface area (Å²) in [7, 11) is 0. The van der Waals surface area contributed by atoms with Gasteiger partial charge in [0.05, 0.1) is 13.0 Å². The summed E-state index contributed by atoms with van der Waals surface area (Å²) >= 11 is 5.73. The van der Waals surface area contributed by atoms with Crippen LogP contribution in [0.3, 0.4) is 0 Å². The van der Waals surface area contributed by atoms with Crippen molar-refractivity contribution in [3.63, 3.8) is 0 Å². The van der Waals surface area contributed by atoms with Crippen LogP contribution < -0.4 is 0 Å². The lowest BCUT2D eigenvalue weighted by molar-refractivity contribution is -0.127. The van der Waals surface area contributed by atoms with Crippen LogP contribution in [0.4, 0.5) is 4.79 Å². The van der Waals surface area contributed by atoms with E-state index < -0.39 is 6.09 Å². The molecule has 0 aromatic heterocycles. The number of ether oxygens (including phenoxy) is 1. The summed E-state index contributed by atoms with van der Waals surface area (Å²) in [5.74, 6) is -0.246. The van der Waals surface area contributed by atoms with Crippen molar-refractivity contribution in [1.82, 2.24) is 4.90 Å². The van der Waals surface area contributed by atoms with E-state index in [0.29, 0.717) is 11.6 Å². The molecule has 16 heavy (non-hydrogen) atoms. The van der Waals surface area contributed by atoms with Crippen molar-refractivity contribution in [3.05, 3.63) is 34.9 Å². The summed E-state index contributed by atoms with van der Waals surface area (Å²) in [4.78, 5) is 23.9. The van der Waals surface area contributed by atoms with E-state index in [0.717, 1.165) is 10.5 Å². The van der Waals surface area contributed by atoms with Crippen LogP contribution in [0, 0.1) is 0 Å². The van der Waals surface area contributed by atoms with Crippen molar-refractivity contribution in [2.75, 3.05) is 13.2 Å². The van der Waals surface area contributed by atoms with Crippen LogP contribution in [-0.2, 0) is 16.0 Å². The molecule has 2 rings (SSSR count). The largest absolute Gasteiger partial charge is 0.447 e. The third-order valence-corrected chi connectivity index (χ3v) is 2.58. The standard InChI is InChI=1S/C11H10ClNO3/c12-9-3-1-8(2-4-9)7-10(14)13-5-6-16-11(13)15/h1-4H,5-7H2. The number of rotatable bonds is 2. The first-order valence-corrected chi connectivity index (χ1v) is 5.26. The molecule has 1 aromatic carbocycles. The Balaban J connectivity index is 2.02. The van der Waals surface area contributed by atoms with E-state index in [1.165, 1.54) is 0 Å². The molecule has 0 spiro atoms. The van der Waals surface area contributed by atoms with E-state index in [9.17, 15) is 9.59 Å². The monoisotopic (exact) mass is 239 g/mol. The maximum absolute atomic E-state index is 11.7. The molecule has 0 saturated carbocycles. The molecule has 4 nitrogen and oxygen atoms in total. The third kappa shape index (κ3) is 2.33. The summed E-state index contributed by atoms with van der Waals surface area (Å²) in [5, 5.41) is 0.622. The number of nitrogens with zero attached hydrogens (tertiary/aromatic N) is 1. The van der Waals surface area contributed by atoms with E-state index in [2.05, 4.69) is 4.74 Å². The molecular formula is C11H10ClNO3. The van der Waals surface area contributed by atoms with Crippen LogP contribution in [0.2, 0.25) is 5.02 Å². The van der Waals surface area contributed by atoms with Crippen molar-refractivity contribution in [2.24, 2.45) is 0 Å². The molecule has 0 bridgehead atoms. The van der Waals surface area contributed by atoms with E-state index in [4.69, 9.17) is 11.6 Å². The van der Waals surface area contributed by atoms with Crippen LogP contribution in [0.25, 0.3) is 0 Å². The molecule has 1 aliphatic heterocycles. The predicted molar refractivity (Wildman–Crippen MR) is 58.2 cm³/mol. The van der Waals surface area contributed by atoms with Gasteiger partial charge in [-0.05, 0) is 17.7 Å². The molecule has 1 saturated heterocycles. The normalized spacial score (nSPS) is 15.1. The van der Waals surface area contributed by atoms with Gasteiger partial charge < -0.3 is 4.74 Å². The molecule has 0 atom stereocenters. The lowest BCUT2D eigenvalue weighted by Crippen LogP contribution is -2.32. The third-order valence-electron chi connectivity index (χ3n) is 2.33. The highest BCUT2D eigenvalue weighted by atomic mass is 35.5. The Morgan fingerprint density at radius 3 is 2.62 bits per heavy atom. The smallest absolute Gasteiger partial charge is 0.416 e. The SMILES string of the molecule is O=C(Cc1ccc(Cl)cc1)N1CCOC1=O. The number of amides is 2. The first-order chi connectivity index (χ1) is 7.66. The van der Waals surface area contributed by atoms with Crippen LogP contribution in [-0.4, -0.2) is 30.1 Å². The zero-order valence-electron chi connectivity index (χ0n) is 8.48. The fourth-order valence-electron chi connectivity index (χ4n) is 1.49. The highest BCUT2D eigenvalue weighted by Gasteiger charge is 2.27. The van der Waals surface area contributed by atoms with Gasteiger partial charge in [0.25, 0.3) is 0 Å². The number of hydrogen-bond donors (Lipinski definition) is 0. The number of carbonyl (C=O) groups is 2. The minimum Gasteiger partial charge on any atom is -0.447 e. The van der Waals surface area contributed by atoms with Gasteiger partial charge >= 0.3 is 6.09 Å². The zero-order chi connectivity index (χ0) is 11.5.